The summed E-state index contributed by atoms with van der Waals surface area (Å²) in [6.45, 7) is 2.06. The van der Waals surface area contributed by atoms with Crippen molar-refractivity contribution in [2.75, 3.05) is 17.6 Å². The molecule has 0 aliphatic heterocycles. The monoisotopic (exact) mass is 330 g/mol. The highest BCUT2D eigenvalue weighted by molar-refractivity contribution is 7.89. The highest BCUT2D eigenvalue weighted by atomic mass is 32.2. The second kappa shape index (κ2) is 5.92. The van der Waals surface area contributed by atoms with E-state index in [-0.39, 0.29) is 10.6 Å². The normalized spacial score (nSPS) is 11.7. The van der Waals surface area contributed by atoms with Gasteiger partial charge in [0.1, 0.15) is 21.9 Å². The van der Waals surface area contributed by atoms with Crippen LogP contribution in [-0.4, -0.2) is 41.8 Å². The van der Waals surface area contributed by atoms with Crippen molar-refractivity contribution >= 4 is 43.4 Å². The molecule has 0 bridgehead atoms. The molecule has 0 saturated carbocycles. The largest absolute Gasteiger partial charge is 0.477 e. The Labute approximate surface area is 125 Å². The number of aryl methyl sites for hydroxylation is 1. The van der Waals surface area contributed by atoms with Gasteiger partial charge in [0, 0.05) is 6.54 Å². The quantitative estimate of drug-likeness (QED) is 0.666. The lowest BCUT2D eigenvalue weighted by Gasteiger charge is -2.06. The van der Waals surface area contributed by atoms with Crippen LogP contribution in [0.5, 0.6) is 0 Å². The molecule has 0 saturated heterocycles. The maximum absolute atomic E-state index is 11.1. The number of aromatic nitrogens is 2. The first-order valence-corrected chi connectivity index (χ1v) is 8.54. The van der Waals surface area contributed by atoms with Crippen LogP contribution in [0.3, 0.4) is 0 Å². The molecule has 0 aliphatic rings. The van der Waals surface area contributed by atoms with Crippen molar-refractivity contribution in [1.82, 2.24) is 9.97 Å². The predicted octanol–water partition coefficient (Wildman–Crippen LogP) is 0.788. The minimum absolute atomic E-state index is 0.128. The number of nitrogens with two attached hydrogens (primary N) is 1. The van der Waals surface area contributed by atoms with Crippen LogP contribution >= 0.6 is 11.3 Å². The van der Waals surface area contributed by atoms with E-state index in [1.54, 1.807) is 6.92 Å². The summed E-state index contributed by atoms with van der Waals surface area (Å²) in [6, 6.07) is 0. The van der Waals surface area contributed by atoms with Crippen LogP contribution in [0.25, 0.3) is 10.2 Å². The van der Waals surface area contributed by atoms with Gasteiger partial charge >= 0.3 is 5.97 Å². The molecule has 2 rings (SSSR count). The van der Waals surface area contributed by atoms with E-state index in [9.17, 15) is 13.2 Å². The smallest absolute Gasteiger partial charge is 0.346 e. The van der Waals surface area contributed by atoms with Crippen LogP contribution in [-0.2, 0) is 10.0 Å². The van der Waals surface area contributed by atoms with Crippen molar-refractivity contribution in [1.29, 1.82) is 0 Å². The fraction of sp³-hybridized carbons (Fsp3) is 0.364. The molecule has 0 aliphatic carbocycles. The zero-order valence-corrected chi connectivity index (χ0v) is 12.8. The van der Waals surface area contributed by atoms with Crippen LogP contribution in [0.15, 0.2) is 6.33 Å². The zero-order chi connectivity index (χ0) is 15.6. The van der Waals surface area contributed by atoms with Gasteiger partial charge in [0.2, 0.25) is 10.0 Å². The Hall–Kier alpha value is -1.78. The fourth-order valence-electron chi connectivity index (χ4n) is 1.89. The number of carboxylic acid groups (broad SMARTS) is 1. The highest BCUT2D eigenvalue weighted by Crippen LogP contribution is 2.33. The summed E-state index contributed by atoms with van der Waals surface area (Å²) >= 11 is 1.08. The SMILES string of the molecule is Cc1c(C(=O)O)sc2ncnc(NCCCS(N)(=O)=O)c12. The summed E-state index contributed by atoms with van der Waals surface area (Å²) in [5.41, 5.74) is 0.594. The molecule has 10 heteroatoms. The maximum Gasteiger partial charge on any atom is 0.346 e. The number of aromatic carboxylic acids is 1. The summed E-state index contributed by atoms with van der Waals surface area (Å²) in [5.74, 6) is -0.636. The molecule has 0 aromatic carbocycles. The van der Waals surface area contributed by atoms with Gasteiger partial charge < -0.3 is 10.4 Å². The average Bonchev–Trinajstić information content (AvgIpc) is 2.72. The molecule has 0 atom stereocenters. The summed E-state index contributed by atoms with van der Waals surface area (Å²) in [7, 11) is -3.48. The number of thiophene rings is 1. The Balaban J connectivity index is 2.22. The minimum atomic E-state index is -3.48. The zero-order valence-electron chi connectivity index (χ0n) is 11.2. The van der Waals surface area contributed by atoms with Gasteiger partial charge in [-0.2, -0.15) is 0 Å². The van der Waals surface area contributed by atoms with Crippen molar-refractivity contribution in [2.45, 2.75) is 13.3 Å². The van der Waals surface area contributed by atoms with E-state index >= 15 is 0 Å². The van der Waals surface area contributed by atoms with Crippen molar-refractivity contribution in [3.63, 3.8) is 0 Å². The molecule has 8 nitrogen and oxygen atoms in total. The van der Waals surface area contributed by atoms with E-state index in [4.69, 9.17) is 10.2 Å². The Morgan fingerprint density at radius 3 is 2.81 bits per heavy atom. The van der Waals surface area contributed by atoms with Crippen molar-refractivity contribution in [3.05, 3.63) is 16.8 Å². The van der Waals surface area contributed by atoms with E-state index in [1.165, 1.54) is 6.33 Å². The van der Waals surface area contributed by atoms with Gasteiger partial charge in [0.15, 0.2) is 0 Å². The van der Waals surface area contributed by atoms with Gasteiger partial charge in [0.25, 0.3) is 0 Å². The lowest BCUT2D eigenvalue weighted by atomic mass is 10.2. The van der Waals surface area contributed by atoms with Gasteiger partial charge in [-0.25, -0.2) is 28.3 Å². The number of fused-ring (bicyclic) bond motifs is 1. The Bertz CT molecular complexity index is 785. The van der Waals surface area contributed by atoms with Crippen molar-refractivity contribution in [3.8, 4) is 0 Å². The molecule has 0 unspecified atom stereocenters. The molecule has 0 amide bonds. The molecule has 2 aromatic heterocycles. The van der Waals surface area contributed by atoms with E-state index in [0.717, 1.165) is 11.3 Å². The minimum Gasteiger partial charge on any atom is -0.477 e. The third-order valence-corrected chi connectivity index (χ3v) is 4.86. The van der Waals surface area contributed by atoms with E-state index in [2.05, 4.69) is 15.3 Å². The number of carbonyl (C=O) groups is 1. The number of hydrogen-bond donors (Lipinski definition) is 3. The van der Waals surface area contributed by atoms with Gasteiger partial charge in [0.05, 0.1) is 11.1 Å². The summed E-state index contributed by atoms with van der Waals surface area (Å²) in [5, 5.41) is 17.7. The summed E-state index contributed by atoms with van der Waals surface area (Å²) < 4.78 is 21.7. The number of rotatable bonds is 6. The van der Waals surface area contributed by atoms with Crippen molar-refractivity contribution < 1.29 is 18.3 Å². The average molecular weight is 330 g/mol. The lowest BCUT2D eigenvalue weighted by molar-refractivity contribution is 0.0701. The van der Waals surface area contributed by atoms with Crippen molar-refractivity contribution in [2.24, 2.45) is 5.14 Å². The Morgan fingerprint density at radius 2 is 2.19 bits per heavy atom. The predicted molar refractivity (Wildman–Crippen MR) is 80.2 cm³/mol. The fourth-order valence-corrected chi connectivity index (χ4v) is 3.42. The molecule has 2 aromatic rings. The number of anilines is 1. The highest BCUT2D eigenvalue weighted by Gasteiger charge is 2.18. The number of primary sulfonamides is 1. The standard InChI is InChI=1S/C11H14N4O4S2/c1-6-7-9(13-3-2-4-21(12,18)19)14-5-15-10(7)20-8(6)11(16)17/h5H,2-4H2,1H3,(H,16,17)(H2,12,18,19)(H,13,14,15). The molecule has 0 radical (unpaired) electrons. The maximum atomic E-state index is 11.1. The van der Waals surface area contributed by atoms with E-state index in [0.29, 0.717) is 34.6 Å². The summed E-state index contributed by atoms with van der Waals surface area (Å²) in [4.78, 5) is 20.1. The molecule has 2 heterocycles. The Kier molecular flexibility index (Phi) is 4.40. The molecular formula is C11H14N4O4S2. The molecular weight excluding hydrogens is 316 g/mol. The molecule has 4 N–H and O–H groups in total. The van der Waals surface area contributed by atoms with Crippen LogP contribution in [0, 0.1) is 6.92 Å². The van der Waals surface area contributed by atoms with Crippen LogP contribution in [0.4, 0.5) is 5.82 Å². The number of carboxylic acids is 1. The number of sulfonamides is 1. The van der Waals surface area contributed by atoms with Gasteiger partial charge in [-0.05, 0) is 18.9 Å². The van der Waals surface area contributed by atoms with Crippen LogP contribution in [0.1, 0.15) is 21.7 Å². The molecule has 0 spiro atoms. The lowest BCUT2D eigenvalue weighted by Crippen LogP contribution is -2.18. The third kappa shape index (κ3) is 3.65. The molecule has 114 valence electrons. The van der Waals surface area contributed by atoms with Gasteiger partial charge in [-0.15, -0.1) is 11.3 Å². The van der Waals surface area contributed by atoms with E-state index < -0.39 is 16.0 Å². The second-order valence-corrected chi connectivity index (χ2v) is 7.14. The van der Waals surface area contributed by atoms with Gasteiger partial charge in [-0.1, -0.05) is 0 Å². The first-order valence-electron chi connectivity index (χ1n) is 6.01. The topological polar surface area (TPSA) is 135 Å². The molecule has 21 heavy (non-hydrogen) atoms. The van der Waals surface area contributed by atoms with Crippen LogP contribution in [0.2, 0.25) is 0 Å². The third-order valence-electron chi connectivity index (χ3n) is 2.82. The first-order chi connectivity index (χ1) is 9.79. The van der Waals surface area contributed by atoms with Gasteiger partial charge in [-0.3, -0.25) is 0 Å². The second-order valence-electron chi connectivity index (χ2n) is 4.41. The van der Waals surface area contributed by atoms with Crippen LogP contribution < -0.4 is 10.5 Å². The number of nitrogens with one attached hydrogen (secondary N) is 1. The summed E-state index contributed by atoms with van der Waals surface area (Å²) in [6.07, 6.45) is 1.67. The molecule has 0 fully saturated rings. The number of nitrogens with zero attached hydrogens (tertiary/aromatic N) is 2. The van der Waals surface area contributed by atoms with E-state index in [1.807, 2.05) is 0 Å². The first kappa shape index (κ1) is 15.6. The Morgan fingerprint density at radius 1 is 1.48 bits per heavy atom. The number of hydrogen-bond acceptors (Lipinski definition) is 7.